The van der Waals surface area contributed by atoms with Crippen LogP contribution in [0.1, 0.15) is 65.2 Å². The van der Waals surface area contributed by atoms with Gasteiger partial charge in [0.1, 0.15) is 5.60 Å². The number of hydrogen-bond acceptors (Lipinski definition) is 6. The van der Waals surface area contributed by atoms with Gasteiger partial charge in [0, 0.05) is 38.6 Å². The van der Waals surface area contributed by atoms with E-state index in [2.05, 4.69) is 48.3 Å². The summed E-state index contributed by atoms with van der Waals surface area (Å²) in [5, 5.41) is 5.83. The number of ether oxygens (including phenoxy) is 1. The summed E-state index contributed by atoms with van der Waals surface area (Å²) >= 11 is 0. The van der Waals surface area contributed by atoms with E-state index in [0.717, 1.165) is 6.42 Å². The largest absolute Gasteiger partial charge is 0.444 e. The van der Waals surface area contributed by atoms with Crippen LogP contribution in [0.4, 0.5) is 10.7 Å². The number of alkyl carbamates (subject to hydrolysis) is 1. The van der Waals surface area contributed by atoms with E-state index in [9.17, 15) is 9.59 Å². The van der Waals surface area contributed by atoms with E-state index >= 15 is 0 Å². The molecule has 0 aliphatic heterocycles. The molecule has 162 valence electrons. The Bertz CT molecular complexity index is 724. The molecule has 0 saturated heterocycles. The van der Waals surface area contributed by atoms with Crippen molar-refractivity contribution in [2.45, 2.75) is 66.5 Å². The van der Waals surface area contributed by atoms with E-state index in [1.165, 1.54) is 12.4 Å². The molecule has 2 amide bonds. The molecule has 1 aliphatic carbocycles. The van der Waals surface area contributed by atoms with E-state index in [1.807, 2.05) is 27.8 Å². The van der Waals surface area contributed by atoms with Gasteiger partial charge in [0.25, 0.3) is 5.91 Å². The fourth-order valence-corrected chi connectivity index (χ4v) is 4.29. The molecule has 8 nitrogen and oxygen atoms in total. The molecule has 8 heteroatoms. The Labute approximate surface area is 173 Å². The van der Waals surface area contributed by atoms with E-state index in [0.29, 0.717) is 24.6 Å². The summed E-state index contributed by atoms with van der Waals surface area (Å²) in [4.78, 5) is 34.7. The Morgan fingerprint density at radius 1 is 1.17 bits per heavy atom. The SMILES string of the molecule is CN(CCNC(=O)OC(C)(C)C)c1ncc(C(=O)NC2C(C)(C)CC2(C)C)cn1. The highest BCUT2D eigenvalue weighted by atomic mass is 16.6. The Balaban J connectivity index is 1.86. The molecule has 1 saturated carbocycles. The maximum absolute atomic E-state index is 12.6. The second-order valence-electron chi connectivity index (χ2n) is 10.2. The zero-order valence-corrected chi connectivity index (χ0v) is 18.9. The molecule has 1 fully saturated rings. The highest BCUT2D eigenvalue weighted by Gasteiger charge is 2.53. The van der Waals surface area contributed by atoms with Crippen molar-refractivity contribution in [2.24, 2.45) is 10.8 Å². The number of aromatic nitrogens is 2. The second kappa shape index (κ2) is 8.16. The number of nitrogens with zero attached hydrogens (tertiary/aromatic N) is 3. The fourth-order valence-electron chi connectivity index (χ4n) is 4.29. The van der Waals surface area contributed by atoms with E-state index in [-0.39, 0.29) is 22.8 Å². The maximum Gasteiger partial charge on any atom is 0.407 e. The van der Waals surface area contributed by atoms with Crippen LogP contribution in [0.25, 0.3) is 0 Å². The van der Waals surface area contributed by atoms with Crippen molar-refractivity contribution in [3.8, 4) is 0 Å². The lowest BCUT2D eigenvalue weighted by Crippen LogP contribution is -2.63. The van der Waals surface area contributed by atoms with Gasteiger partial charge in [0.05, 0.1) is 5.56 Å². The Kier molecular flexibility index (Phi) is 6.45. The lowest BCUT2D eigenvalue weighted by atomic mass is 9.52. The maximum atomic E-state index is 12.6. The predicted molar refractivity (Wildman–Crippen MR) is 113 cm³/mol. The van der Waals surface area contributed by atoms with Crippen molar-refractivity contribution < 1.29 is 14.3 Å². The normalized spacial score (nSPS) is 17.8. The van der Waals surface area contributed by atoms with Crippen LogP contribution in [-0.4, -0.2) is 53.7 Å². The lowest BCUT2D eigenvalue weighted by molar-refractivity contribution is -0.0366. The number of carbonyl (C=O) groups is 2. The number of amides is 2. The van der Waals surface area contributed by atoms with Crippen molar-refractivity contribution in [2.75, 3.05) is 25.0 Å². The van der Waals surface area contributed by atoms with E-state index < -0.39 is 11.7 Å². The van der Waals surface area contributed by atoms with Gasteiger partial charge in [-0.1, -0.05) is 27.7 Å². The van der Waals surface area contributed by atoms with Crippen LogP contribution in [0.3, 0.4) is 0 Å². The highest BCUT2D eigenvalue weighted by Crippen LogP contribution is 2.53. The summed E-state index contributed by atoms with van der Waals surface area (Å²) in [7, 11) is 1.82. The molecule has 0 unspecified atom stereocenters. The summed E-state index contributed by atoms with van der Waals surface area (Å²) in [6, 6.07) is 0.115. The Morgan fingerprint density at radius 2 is 1.72 bits per heavy atom. The van der Waals surface area contributed by atoms with Crippen molar-refractivity contribution in [1.29, 1.82) is 0 Å². The molecule has 0 spiro atoms. The van der Waals surface area contributed by atoms with E-state index in [4.69, 9.17) is 4.74 Å². The molecule has 1 heterocycles. The summed E-state index contributed by atoms with van der Waals surface area (Å²) in [6.07, 6.45) is 3.69. The summed E-state index contributed by atoms with van der Waals surface area (Å²) in [5.41, 5.74) is 0.0784. The molecule has 0 radical (unpaired) electrons. The number of rotatable bonds is 6. The molecule has 0 atom stereocenters. The number of hydrogen-bond donors (Lipinski definition) is 2. The van der Waals surface area contributed by atoms with Crippen LogP contribution in [0.2, 0.25) is 0 Å². The van der Waals surface area contributed by atoms with Gasteiger partial charge in [-0.3, -0.25) is 4.79 Å². The lowest BCUT2D eigenvalue weighted by Gasteiger charge is -2.57. The standard InChI is InChI=1S/C21H35N5O3/c1-19(2,3)29-18(28)22-9-10-26(8)17-23-11-14(12-24-17)15(27)25-16-20(4,5)13-21(16,6)7/h11-12,16H,9-10,13H2,1-8H3,(H,22,28)(H,25,27). The molecule has 2 N–H and O–H groups in total. The molecular formula is C21H35N5O3. The molecule has 1 aromatic heterocycles. The molecular weight excluding hydrogens is 370 g/mol. The first-order valence-electron chi connectivity index (χ1n) is 10.0. The Hall–Kier alpha value is -2.38. The molecule has 1 aliphatic rings. The van der Waals surface area contributed by atoms with Gasteiger partial charge in [0.15, 0.2) is 0 Å². The minimum Gasteiger partial charge on any atom is -0.444 e. The number of nitrogens with one attached hydrogen (secondary N) is 2. The minimum atomic E-state index is -0.528. The first kappa shape index (κ1) is 22.9. The fraction of sp³-hybridized carbons (Fsp3) is 0.714. The van der Waals surface area contributed by atoms with Gasteiger partial charge in [-0.25, -0.2) is 14.8 Å². The minimum absolute atomic E-state index is 0.0846. The monoisotopic (exact) mass is 405 g/mol. The van der Waals surface area contributed by atoms with Crippen LogP contribution in [0.5, 0.6) is 0 Å². The van der Waals surface area contributed by atoms with Crippen molar-refractivity contribution in [3.05, 3.63) is 18.0 Å². The molecule has 2 rings (SSSR count). The van der Waals surface area contributed by atoms with Gasteiger partial charge in [-0.05, 0) is 38.0 Å². The van der Waals surface area contributed by atoms with Crippen LogP contribution in [-0.2, 0) is 4.74 Å². The first-order chi connectivity index (χ1) is 13.2. The van der Waals surface area contributed by atoms with Gasteiger partial charge in [-0.15, -0.1) is 0 Å². The topological polar surface area (TPSA) is 96.5 Å². The smallest absolute Gasteiger partial charge is 0.407 e. The Morgan fingerprint density at radius 3 is 2.21 bits per heavy atom. The molecule has 0 bridgehead atoms. The summed E-state index contributed by atoms with van der Waals surface area (Å²) < 4.78 is 5.20. The third kappa shape index (κ3) is 6.05. The highest BCUT2D eigenvalue weighted by molar-refractivity contribution is 5.94. The third-order valence-corrected chi connectivity index (χ3v) is 5.11. The van der Waals surface area contributed by atoms with Crippen molar-refractivity contribution >= 4 is 17.9 Å². The zero-order valence-electron chi connectivity index (χ0n) is 18.9. The molecule has 1 aromatic rings. The van der Waals surface area contributed by atoms with Crippen molar-refractivity contribution in [3.63, 3.8) is 0 Å². The average molecular weight is 406 g/mol. The number of carbonyl (C=O) groups excluding carboxylic acids is 2. The van der Waals surface area contributed by atoms with Crippen LogP contribution >= 0.6 is 0 Å². The molecule has 0 aromatic carbocycles. The van der Waals surface area contributed by atoms with Crippen molar-refractivity contribution in [1.82, 2.24) is 20.6 Å². The third-order valence-electron chi connectivity index (χ3n) is 5.11. The summed E-state index contributed by atoms with van der Waals surface area (Å²) in [6.45, 7) is 15.0. The first-order valence-corrected chi connectivity index (χ1v) is 10.0. The molecule has 29 heavy (non-hydrogen) atoms. The quantitative estimate of drug-likeness (QED) is 0.755. The van der Waals surface area contributed by atoms with Crippen LogP contribution < -0.4 is 15.5 Å². The summed E-state index contributed by atoms with van der Waals surface area (Å²) in [5.74, 6) is 0.327. The predicted octanol–water partition coefficient (Wildman–Crippen LogP) is 2.99. The van der Waals surface area contributed by atoms with Gasteiger partial charge in [0.2, 0.25) is 5.95 Å². The van der Waals surface area contributed by atoms with E-state index in [1.54, 1.807) is 4.90 Å². The number of likely N-dealkylation sites (N-methyl/N-ethyl adjacent to an activating group) is 1. The second-order valence-corrected chi connectivity index (χ2v) is 10.2. The van der Waals surface area contributed by atoms with Crippen LogP contribution in [0, 0.1) is 10.8 Å². The zero-order chi connectivity index (χ0) is 22.0. The number of anilines is 1. The van der Waals surface area contributed by atoms with Gasteiger partial charge in [-0.2, -0.15) is 0 Å². The van der Waals surface area contributed by atoms with Crippen LogP contribution in [0.15, 0.2) is 12.4 Å². The van der Waals surface area contributed by atoms with Gasteiger partial charge < -0.3 is 20.3 Å². The van der Waals surface area contributed by atoms with Gasteiger partial charge >= 0.3 is 6.09 Å². The average Bonchev–Trinajstić information content (AvgIpc) is 2.56.